The van der Waals surface area contributed by atoms with E-state index in [2.05, 4.69) is 129 Å². The first kappa shape index (κ1) is 27.4. The second-order valence-corrected chi connectivity index (χ2v) is 11.9. The highest BCUT2D eigenvalue weighted by Crippen LogP contribution is 2.41. The molecule has 0 amide bonds. The summed E-state index contributed by atoms with van der Waals surface area (Å²) in [5.41, 5.74) is 10.7. The molecule has 9 aromatic rings. The van der Waals surface area contributed by atoms with E-state index < -0.39 is 0 Å². The Morgan fingerprint density at radius 2 is 1.00 bits per heavy atom. The molecular weight excluding hydrogens is 585 g/mol. The molecule has 48 heavy (non-hydrogen) atoms. The molecule has 0 radical (unpaired) electrons. The molecule has 0 aliphatic carbocycles. The van der Waals surface area contributed by atoms with E-state index in [1.165, 1.54) is 10.8 Å². The van der Waals surface area contributed by atoms with Crippen LogP contribution in [0.25, 0.3) is 82.1 Å². The van der Waals surface area contributed by atoms with Crippen LogP contribution in [0.1, 0.15) is 5.56 Å². The average Bonchev–Trinajstić information content (AvgIpc) is 3.67. The van der Waals surface area contributed by atoms with Gasteiger partial charge in [-0.1, -0.05) is 109 Å². The van der Waals surface area contributed by atoms with E-state index in [4.69, 9.17) is 6.57 Å². The molecule has 0 aliphatic heterocycles. The Kier molecular flexibility index (Phi) is 6.22. The van der Waals surface area contributed by atoms with Crippen molar-refractivity contribution in [3.63, 3.8) is 0 Å². The standard InChI is InChI=1S/C44H26N4/c1-46-38-27-32(47-40-21-8-3-16-34(40)35-17-4-9-22-41(35)47)26-31(28-45)44(38)30-14-12-13-29(25-30)33-15-2-7-20-39(33)48-42-23-10-5-18-36(42)37-19-6-11-24-43(37)48/h2-27H. The van der Waals surface area contributed by atoms with Crippen LogP contribution in [0.2, 0.25) is 0 Å². The molecular formula is C44H26N4. The van der Waals surface area contributed by atoms with Crippen LogP contribution >= 0.6 is 0 Å². The minimum Gasteiger partial charge on any atom is -0.310 e. The summed E-state index contributed by atoms with van der Waals surface area (Å²) < 4.78 is 4.49. The van der Waals surface area contributed by atoms with Crippen LogP contribution in [-0.4, -0.2) is 9.13 Å². The van der Waals surface area contributed by atoms with Gasteiger partial charge in [-0.25, -0.2) is 4.85 Å². The second-order valence-electron chi connectivity index (χ2n) is 11.9. The molecule has 7 aromatic carbocycles. The van der Waals surface area contributed by atoms with Gasteiger partial charge in [0, 0.05) is 38.4 Å². The van der Waals surface area contributed by atoms with Crippen LogP contribution in [-0.2, 0) is 0 Å². The molecule has 0 spiro atoms. The van der Waals surface area contributed by atoms with Crippen LogP contribution in [0, 0.1) is 17.9 Å². The van der Waals surface area contributed by atoms with Crippen molar-refractivity contribution in [1.29, 1.82) is 5.26 Å². The maximum Gasteiger partial charge on any atom is 0.198 e. The first-order valence-corrected chi connectivity index (χ1v) is 15.9. The molecule has 0 saturated heterocycles. The van der Waals surface area contributed by atoms with E-state index in [0.717, 1.165) is 60.9 Å². The van der Waals surface area contributed by atoms with Crippen LogP contribution in [0.4, 0.5) is 5.69 Å². The Bertz CT molecular complexity index is 2680. The number of nitriles is 1. The fourth-order valence-electron chi connectivity index (χ4n) is 7.36. The van der Waals surface area contributed by atoms with E-state index in [-0.39, 0.29) is 0 Å². The van der Waals surface area contributed by atoms with E-state index in [9.17, 15) is 5.26 Å². The van der Waals surface area contributed by atoms with Crippen molar-refractivity contribution in [3.05, 3.63) is 175 Å². The highest BCUT2D eigenvalue weighted by Gasteiger charge is 2.19. The van der Waals surface area contributed by atoms with Crippen molar-refractivity contribution in [2.75, 3.05) is 0 Å². The van der Waals surface area contributed by atoms with Crippen molar-refractivity contribution in [2.24, 2.45) is 0 Å². The molecule has 4 heteroatoms. The van der Waals surface area contributed by atoms with Gasteiger partial charge in [0.25, 0.3) is 0 Å². The third-order valence-electron chi connectivity index (χ3n) is 9.37. The zero-order valence-electron chi connectivity index (χ0n) is 25.8. The molecule has 0 atom stereocenters. The Balaban J connectivity index is 1.23. The smallest absolute Gasteiger partial charge is 0.198 e. The van der Waals surface area contributed by atoms with Gasteiger partial charge in [-0.3, -0.25) is 0 Å². The fourth-order valence-corrected chi connectivity index (χ4v) is 7.36. The van der Waals surface area contributed by atoms with Crippen LogP contribution < -0.4 is 0 Å². The lowest BCUT2D eigenvalue weighted by molar-refractivity contribution is 1.18. The van der Waals surface area contributed by atoms with Crippen LogP contribution in [0.15, 0.2) is 158 Å². The molecule has 9 rings (SSSR count). The third-order valence-corrected chi connectivity index (χ3v) is 9.37. The van der Waals surface area contributed by atoms with E-state index in [0.29, 0.717) is 16.8 Å². The predicted octanol–water partition coefficient (Wildman–Crippen LogP) is 11.6. The fraction of sp³-hybridized carbons (Fsp3) is 0. The molecule has 0 unspecified atom stereocenters. The number of nitrogens with zero attached hydrogens (tertiary/aromatic N) is 4. The number of rotatable bonds is 4. The molecule has 0 N–H and O–H groups in total. The number of para-hydroxylation sites is 5. The van der Waals surface area contributed by atoms with E-state index >= 15 is 0 Å². The summed E-state index contributed by atoms with van der Waals surface area (Å²) in [7, 11) is 0. The zero-order valence-corrected chi connectivity index (χ0v) is 25.8. The van der Waals surface area contributed by atoms with Gasteiger partial charge in [0.2, 0.25) is 0 Å². The SMILES string of the molecule is [C-]#[N+]c1cc(-n2c3ccccc3c3ccccc32)cc(C#N)c1-c1cccc(-c2ccccc2-n2c3ccccc3c3ccccc32)c1. The van der Waals surface area contributed by atoms with Gasteiger partial charge in [0.1, 0.15) is 0 Å². The Morgan fingerprint density at radius 3 is 1.56 bits per heavy atom. The Morgan fingerprint density at radius 1 is 0.500 bits per heavy atom. The lowest BCUT2D eigenvalue weighted by Gasteiger charge is -2.16. The topological polar surface area (TPSA) is 38.0 Å². The quantitative estimate of drug-likeness (QED) is 0.183. The highest BCUT2D eigenvalue weighted by atomic mass is 15.0. The summed E-state index contributed by atoms with van der Waals surface area (Å²) in [5, 5.41) is 15.2. The first-order valence-electron chi connectivity index (χ1n) is 15.9. The number of benzene rings is 7. The third kappa shape index (κ3) is 4.07. The molecule has 0 fully saturated rings. The zero-order chi connectivity index (χ0) is 32.2. The first-order chi connectivity index (χ1) is 23.7. The van der Waals surface area contributed by atoms with Gasteiger partial charge >= 0.3 is 0 Å². The normalized spacial score (nSPS) is 11.3. The molecule has 0 bridgehead atoms. The van der Waals surface area contributed by atoms with Crippen molar-refractivity contribution in [2.45, 2.75) is 0 Å². The maximum absolute atomic E-state index is 10.5. The van der Waals surface area contributed by atoms with Gasteiger partial charge < -0.3 is 9.13 Å². The van der Waals surface area contributed by atoms with Gasteiger partial charge in [0.05, 0.1) is 46.0 Å². The summed E-state index contributed by atoms with van der Waals surface area (Å²) >= 11 is 0. The van der Waals surface area contributed by atoms with E-state index in [1.807, 2.05) is 48.5 Å². The Hall–Kier alpha value is -6.88. The van der Waals surface area contributed by atoms with Crippen molar-refractivity contribution in [3.8, 4) is 39.7 Å². The average molecular weight is 611 g/mol. The number of aromatic nitrogens is 2. The van der Waals surface area contributed by atoms with Crippen molar-refractivity contribution in [1.82, 2.24) is 9.13 Å². The molecule has 2 aromatic heterocycles. The minimum atomic E-state index is 0.443. The van der Waals surface area contributed by atoms with Gasteiger partial charge in [-0.05, 0) is 59.7 Å². The van der Waals surface area contributed by atoms with Gasteiger partial charge in [0.15, 0.2) is 5.69 Å². The van der Waals surface area contributed by atoms with Crippen molar-refractivity contribution >= 4 is 49.3 Å². The lowest BCUT2D eigenvalue weighted by atomic mass is 9.93. The summed E-state index contributed by atoms with van der Waals surface area (Å²) in [6.07, 6.45) is 0. The van der Waals surface area contributed by atoms with Crippen LogP contribution in [0.5, 0.6) is 0 Å². The molecule has 2 heterocycles. The molecule has 0 aliphatic rings. The second kappa shape index (κ2) is 10.9. The Labute approximate surface area is 277 Å². The summed E-state index contributed by atoms with van der Waals surface area (Å²) in [6, 6.07) is 56.5. The maximum atomic E-state index is 10.5. The molecule has 0 saturated carbocycles. The number of fused-ring (bicyclic) bond motifs is 6. The monoisotopic (exact) mass is 610 g/mol. The number of hydrogen-bond donors (Lipinski definition) is 0. The van der Waals surface area contributed by atoms with Crippen LogP contribution in [0.3, 0.4) is 0 Å². The largest absolute Gasteiger partial charge is 0.310 e. The van der Waals surface area contributed by atoms with Gasteiger partial charge in [-0.15, -0.1) is 0 Å². The molecule has 4 nitrogen and oxygen atoms in total. The highest BCUT2D eigenvalue weighted by molar-refractivity contribution is 6.10. The summed E-state index contributed by atoms with van der Waals surface area (Å²) in [6.45, 7) is 8.26. The van der Waals surface area contributed by atoms with Gasteiger partial charge in [-0.2, -0.15) is 5.26 Å². The van der Waals surface area contributed by atoms with E-state index in [1.54, 1.807) is 0 Å². The molecule has 222 valence electrons. The lowest BCUT2D eigenvalue weighted by Crippen LogP contribution is -1.98. The number of hydrogen-bond acceptors (Lipinski definition) is 1. The predicted molar refractivity (Wildman–Crippen MR) is 197 cm³/mol. The summed E-state index contributed by atoms with van der Waals surface area (Å²) in [5.74, 6) is 0. The van der Waals surface area contributed by atoms with Crippen molar-refractivity contribution < 1.29 is 0 Å². The minimum absolute atomic E-state index is 0.443. The summed E-state index contributed by atoms with van der Waals surface area (Å²) in [4.78, 5) is 4.00.